The summed E-state index contributed by atoms with van der Waals surface area (Å²) < 4.78 is 29.8. The first-order valence-electron chi connectivity index (χ1n) is 7.56. The van der Waals surface area contributed by atoms with E-state index in [9.17, 15) is 8.42 Å². The lowest BCUT2D eigenvalue weighted by molar-refractivity contribution is 0.486. The van der Waals surface area contributed by atoms with Crippen LogP contribution in [0.1, 0.15) is 11.1 Å². The van der Waals surface area contributed by atoms with Gasteiger partial charge in [0.2, 0.25) is 0 Å². The van der Waals surface area contributed by atoms with Gasteiger partial charge in [-0.2, -0.15) is 8.42 Å². The average molecular weight is 360 g/mol. The Hall–Kier alpha value is -2.07. The molecule has 2 rings (SSSR count). The molecule has 0 unspecified atom stereocenters. The number of benzene rings is 2. The van der Waals surface area contributed by atoms with Gasteiger partial charge in [-0.1, -0.05) is 37.7 Å². The summed E-state index contributed by atoms with van der Waals surface area (Å²) in [6.07, 6.45) is 0. The monoisotopic (exact) mass is 359 g/mol. The van der Waals surface area contributed by atoms with Crippen LogP contribution in [0, 0.1) is 11.5 Å². The van der Waals surface area contributed by atoms with Gasteiger partial charge in [-0.05, 0) is 42.0 Å². The van der Waals surface area contributed by atoms with Crippen molar-refractivity contribution in [2.24, 2.45) is 5.73 Å². The minimum absolute atomic E-state index is 0.101. The Morgan fingerprint density at radius 3 is 2.08 bits per heavy atom. The third kappa shape index (κ3) is 5.23. The molecule has 0 aliphatic rings. The van der Waals surface area contributed by atoms with Crippen LogP contribution in [-0.4, -0.2) is 16.5 Å². The first kappa shape index (κ1) is 18.3. The Morgan fingerprint density at radius 2 is 1.58 bits per heavy atom. The van der Waals surface area contributed by atoms with Crippen molar-refractivity contribution in [1.29, 1.82) is 0 Å². The molecule has 0 bridgehead atoms. The second-order valence-corrected chi connectivity index (χ2v) is 12.7. The van der Waals surface area contributed by atoms with Crippen molar-refractivity contribution < 1.29 is 12.6 Å². The maximum absolute atomic E-state index is 12.3. The predicted octanol–water partition coefficient (Wildman–Crippen LogP) is 3.14. The summed E-state index contributed by atoms with van der Waals surface area (Å²) in [7, 11) is -5.33. The smallest absolute Gasteiger partial charge is 0.339 e. The summed E-state index contributed by atoms with van der Waals surface area (Å²) in [5, 5.41) is 0. The minimum Gasteiger partial charge on any atom is -0.379 e. The van der Waals surface area contributed by atoms with Crippen LogP contribution in [0.4, 0.5) is 0 Å². The van der Waals surface area contributed by atoms with Crippen molar-refractivity contribution in [3.8, 4) is 17.2 Å². The molecule has 0 aromatic heterocycles. The number of rotatable bonds is 4. The van der Waals surface area contributed by atoms with Gasteiger partial charge in [-0.25, -0.2) is 0 Å². The third-order valence-electron chi connectivity index (χ3n) is 3.09. The van der Waals surface area contributed by atoms with Crippen LogP contribution in [0.15, 0.2) is 53.4 Å². The second-order valence-electron chi connectivity index (χ2n) is 6.41. The molecule has 2 N–H and O–H groups in total. The summed E-state index contributed by atoms with van der Waals surface area (Å²) in [6.45, 7) is 6.86. The largest absolute Gasteiger partial charge is 0.379 e. The highest BCUT2D eigenvalue weighted by molar-refractivity contribution is 7.87. The highest BCUT2D eigenvalue weighted by atomic mass is 32.2. The lowest BCUT2D eigenvalue weighted by Crippen LogP contribution is -2.16. The van der Waals surface area contributed by atoms with E-state index in [2.05, 4.69) is 31.1 Å². The standard InChI is InChI=1S/C18H21NO3SSi/c1-24(2,3)13-12-15-6-10-18(11-7-15)23(20,21)22-17-8-4-16(14-19)5-9-17/h4-11H,14,19H2,1-3H3. The quantitative estimate of drug-likeness (QED) is 0.517. The molecule has 0 radical (unpaired) electrons. The van der Waals surface area contributed by atoms with Gasteiger partial charge in [0.15, 0.2) is 0 Å². The van der Waals surface area contributed by atoms with E-state index in [1.54, 1.807) is 36.4 Å². The van der Waals surface area contributed by atoms with Crippen LogP contribution in [0.3, 0.4) is 0 Å². The number of nitrogens with two attached hydrogens (primary N) is 1. The number of hydrogen-bond acceptors (Lipinski definition) is 4. The van der Waals surface area contributed by atoms with Crippen LogP contribution >= 0.6 is 0 Å². The summed E-state index contributed by atoms with van der Waals surface area (Å²) in [5.74, 6) is 3.35. The van der Waals surface area contributed by atoms with Gasteiger partial charge in [0.25, 0.3) is 0 Å². The second kappa shape index (κ2) is 7.22. The Morgan fingerprint density at radius 1 is 1.00 bits per heavy atom. The molecule has 0 atom stereocenters. The molecule has 0 amide bonds. The van der Waals surface area contributed by atoms with Gasteiger partial charge < -0.3 is 9.92 Å². The van der Waals surface area contributed by atoms with Crippen molar-refractivity contribution in [2.75, 3.05) is 0 Å². The van der Waals surface area contributed by atoms with Gasteiger partial charge in [0.1, 0.15) is 18.7 Å². The van der Waals surface area contributed by atoms with Crippen LogP contribution in [0.25, 0.3) is 0 Å². The first-order chi connectivity index (χ1) is 11.2. The molecule has 0 saturated carbocycles. The van der Waals surface area contributed by atoms with E-state index in [1.165, 1.54) is 12.1 Å². The van der Waals surface area contributed by atoms with E-state index in [4.69, 9.17) is 9.92 Å². The molecule has 4 nitrogen and oxygen atoms in total. The van der Waals surface area contributed by atoms with Gasteiger partial charge in [0, 0.05) is 12.1 Å². The van der Waals surface area contributed by atoms with Crippen molar-refractivity contribution in [2.45, 2.75) is 31.1 Å². The van der Waals surface area contributed by atoms with Gasteiger partial charge >= 0.3 is 10.1 Å². The average Bonchev–Trinajstić information content (AvgIpc) is 2.53. The molecule has 6 heteroatoms. The molecule has 0 fully saturated rings. The lowest BCUT2D eigenvalue weighted by atomic mass is 10.2. The fraction of sp³-hybridized carbons (Fsp3) is 0.222. The molecule has 0 spiro atoms. The molecule has 0 aliphatic heterocycles. The fourth-order valence-corrected chi connectivity index (χ4v) is 3.27. The molecule has 24 heavy (non-hydrogen) atoms. The van der Waals surface area contributed by atoms with Crippen LogP contribution in [0.5, 0.6) is 5.75 Å². The van der Waals surface area contributed by atoms with Crippen LogP contribution in [-0.2, 0) is 16.7 Å². The number of hydrogen-bond donors (Lipinski definition) is 1. The van der Waals surface area contributed by atoms with E-state index < -0.39 is 18.2 Å². The Bertz CT molecular complexity index is 856. The Labute approximate surface area is 144 Å². The summed E-state index contributed by atoms with van der Waals surface area (Å²) in [5.41, 5.74) is 10.5. The predicted molar refractivity (Wildman–Crippen MR) is 98.8 cm³/mol. The van der Waals surface area contributed by atoms with E-state index >= 15 is 0 Å². The molecular weight excluding hydrogens is 338 g/mol. The Kier molecular flexibility index (Phi) is 5.50. The van der Waals surface area contributed by atoms with Crippen LogP contribution < -0.4 is 9.92 Å². The van der Waals surface area contributed by atoms with Crippen molar-refractivity contribution >= 4 is 18.2 Å². The van der Waals surface area contributed by atoms with E-state index in [0.29, 0.717) is 6.54 Å². The molecule has 126 valence electrons. The molecule has 2 aromatic carbocycles. The van der Waals surface area contributed by atoms with Gasteiger partial charge in [-0.15, -0.1) is 5.54 Å². The zero-order chi connectivity index (χ0) is 17.8. The molecule has 0 heterocycles. The van der Waals surface area contributed by atoms with Crippen molar-refractivity contribution in [3.63, 3.8) is 0 Å². The first-order valence-corrected chi connectivity index (χ1v) is 12.5. The van der Waals surface area contributed by atoms with Crippen molar-refractivity contribution in [1.82, 2.24) is 0 Å². The van der Waals surface area contributed by atoms with Gasteiger partial charge in [-0.3, -0.25) is 0 Å². The highest BCUT2D eigenvalue weighted by Gasteiger charge is 2.16. The van der Waals surface area contributed by atoms with Crippen molar-refractivity contribution in [3.05, 3.63) is 59.7 Å². The molecule has 2 aromatic rings. The molecule has 0 aliphatic carbocycles. The SMILES string of the molecule is C[Si](C)(C)C#Cc1ccc(S(=O)(=O)Oc2ccc(CN)cc2)cc1. The van der Waals surface area contributed by atoms with Crippen LogP contribution in [0.2, 0.25) is 19.6 Å². The summed E-state index contributed by atoms with van der Waals surface area (Å²) in [4.78, 5) is 0.101. The minimum atomic E-state index is -3.86. The maximum Gasteiger partial charge on any atom is 0.339 e. The van der Waals surface area contributed by atoms with E-state index in [1.807, 2.05) is 0 Å². The normalized spacial score (nSPS) is 11.5. The summed E-state index contributed by atoms with van der Waals surface area (Å²) >= 11 is 0. The Balaban J connectivity index is 2.18. The lowest BCUT2D eigenvalue weighted by Gasteiger charge is -2.08. The van der Waals surface area contributed by atoms with E-state index in [-0.39, 0.29) is 10.6 Å². The van der Waals surface area contributed by atoms with Gasteiger partial charge in [0.05, 0.1) is 0 Å². The highest BCUT2D eigenvalue weighted by Crippen LogP contribution is 2.19. The topological polar surface area (TPSA) is 69.4 Å². The zero-order valence-corrected chi connectivity index (χ0v) is 15.9. The third-order valence-corrected chi connectivity index (χ3v) is 5.23. The maximum atomic E-state index is 12.3. The summed E-state index contributed by atoms with van der Waals surface area (Å²) in [6, 6.07) is 13.1. The van der Waals surface area contributed by atoms with E-state index in [0.717, 1.165) is 11.1 Å². The molecule has 0 saturated heterocycles. The fourth-order valence-electron chi connectivity index (χ4n) is 1.82. The molecular formula is C18H21NO3SSi. The zero-order valence-electron chi connectivity index (χ0n) is 14.0.